The van der Waals surface area contributed by atoms with E-state index < -0.39 is 11.6 Å². The highest BCUT2D eigenvalue weighted by molar-refractivity contribution is 5.29. The van der Waals surface area contributed by atoms with Gasteiger partial charge in [0.1, 0.15) is 0 Å². The second kappa shape index (κ2) is 1.71. The number of aromatic hydroxyl groups is 1. The SMILES string of the molecule is C#Cc1oc(=O)[nH]c1O. The summed E-state index contributed by atoms with van der Waals surface area (Å²) in [5.41, 5.74) is 0. The van der Waals surface area contributed by atoms with Crippen LogP contribution in [0.5, 0.6) is 5.88 Å². The first-order chi connectivity index (χ1) is 4.24. The van der Waals surface area contributed by atoms with Gasteiger partial charge in [-0.1, -0.05) is 0 Å². The summed E-state index contributed by atoms with van der Waals surface area (Å²) >= 11 is 0. The molecule has 0 unspecified atom stereocenters. The van der Waals surface area contributed by atoms with E-state index in [1.807, 2.05) is 10.9 Å². The molecule has 0 fully saturated rings. The van der Waals surface area contributed by atoms with Crippen LogP contribution < -0.4 is 5.76 Å². The molecular formula is C5H3NO3. The van der Waals surface area contributed by atoms with Gasteiger partial charge in [0.15, 0.2) is 0 Å². The van der Waals surface area contributed by atoms with E-state index in [0.29, 0.717) is 0 Å². The normalized spacial score (nSPS) is 8.78. The highest BCUT2D eigenvalue weighted by atomic mass is 16.4. The topological polar surface area (TPSA) is 66.2 Å². The number of oxazole rings is 1. The molecule has 0 aromatic carbocycles. The smallest absolute Gasteiger partial charge is 0.420 e. The van der Waals surface area contributed by atoms with Gasteiger partial charge in [-0.15, -0.1) is 6.42 Å². The summed E-state index contributed by atoms with van der Waals surface area (Å²) in [6.07, 6.45) is 4.80. The minimum absolute atomic E-state index is 0.167. The van der Waals surface area contributed by atoms with Gasteiger partial charge in [0.05, 0.1) is 0 Å². The number of terminal acetylenes is 1. The lowest BCUT2D eigenvalue weighted by Gasteiger charge is -1.76. The minimum atomic E-state index is -0.750. The molecule has 1 aromatic heterocycles. The Morgan fingerprint density at radius 1 is 1.78 bits per heavy atom. The summed E-state index contributed by atoms with van der Waals surface area (Å²) in [5, 5.41) is 8.64. The third-order valence-corrected chi connectivity index (χ3v) is 0.761. The van der Waals surface area contributed by atoms with Gasteiger partial charge in [-0.05, 0) is 5.92 Å². The predicted octanol–water partition coefficient (Wildman–Crippen LogP) is -0.345. The van der Waals surface area contributed by atoms with Crippen LogP contribution in [-0.4, -0.2) is 10.1 Å². The van der Waals surface area contributed by atoms with Crippen LogP contribution in [0.3, 0.4) is 0 Å². The minimum Gasteiger partial charge on any atom is -0.491 e. The van der Waals surface area contributed by atoms with E-state index in [9.17, 15) is 4.79 Å². The second-order valence-corrected chi connectivity index (χ2v) is 1.34. The first kappa shape index (κ1) is 5.51. The number of hydrogen-bond donors (Lipinski definition) is 2. The Kier molecular flexibility index (Phi) is 1.04. The van der Waals surface area contributed by atoms with Crippen LogP contribution in [0, 0.1) is 12.3 Å². The van der Waals surface area contributed by atoms with Gasteiger partial charge in [0, 0.05) is 0 Å². The van der Waals surface area contributed by atoms with Crippen LogP contribution in [0.1, 0.15) is 5.76 Å². The van der Waals surface area contributed by atoms with Crippen LogP contribution in [-0.2, 0) is 0 Å². The molecule has 9 heavy (non-hydrogen) atoms. The Morgan fingerprint density at radius 3 is 2.67 bits per heavy atom. The Labute approximate surface area is 50.1 Å². The number of hydrogen-bond acceptors (Lipinski definition) is 3. The van der Waals surface area contributed by atoms with Crippen molar-refractivity contribution in [2.75, 3.05) is 0 Å². The first-order valence-corrected chi connectivity index (χ1v) is 2.12. The Bertz CT molecular complexity index is 301. The molecule has 0 saturated heterocycles. The van der Waals surface area contributed by atoms with Crippen molar-refractivity contribution < 1.29 is 9.52 Å². The Balaban J connectivity index is 3.37. The average molecular weight is 125 g/mol. The molecule has 0 aliphatic carbocycles. The molecule has 0 amide bonds. The van der Waals surface area contributed by atoms with Crippen molar-refractivity contribution in [3.05, 3.63) is 16.3 Å². The summed E-state index contributed by atoms with van der Waals surface area (Å²) in [5.74, 6) is 0.651. The molecule has 0 atom stereocenters. The van der Waals surface area contributed by atoms with Gasteiger partial charge in [-0.25, -0.2) is 4.79 Å². The molecule has 0 aliphatic heterocycles. The fourth-order valence-corrected chi connectivity index (χ4v) is 0.418. The zero-order chi connectivity index (χ0) is 6.85. The highest BCUT2D eigenvalue weighted by Crippen LogP contribution is 2.06. The van der Waals surface area contributed by atoms with Crippen molar-refractivity contribution in [3.63, 3.8) is 0 Å². The monoisotopic (exact) mass is 125 g/mol. The van der Waals surface area contributed by atoms with Crippen molar-refractivity contribution in [1.82, 2.24) is 4.98 Å². The highest BCUT2D eigenvalue weighted by Gasteiger charge is 2.02. The van der Waals surface area contributed by atoms with Crippen LogP contribution in [0.15, 0.2) is 9.21 Å². The third kappa shape index (κ3) is 0.795. The zero-order valence-electron chi connectivity index (χ0n) is 4.34. The number of rotatable bonds is 0. The molecule has 1 aromatic rings. The molecule has 0 aliphatic rings. The zero-order valence-corrected chi connectivity index (χ0v) is 4.34. The van der Waals surface area contributed by atoms with Crippen LogP contribution in [0.4, 0.5) is 0 Å². The largest absolute Gasteiger partial charge is 0.491 e. The summed E-state index contributed by atoms with van der Waals surface area (Å²) in [6, 6.07) is 0. The molecule has 46 valence electrons. The van der Waals surface area contributed by atoms with Crippen molar-refractivity contribution in [3.8, 4) is 18.2 Å². The van der Waals surface area contributed by atoms with E-state index in [4.69, 9.17) is 11.5 Å². The molecule has 4 nitrogen and oxygen atoms in total. The molecule has 2 N–H and O–H groups in total. The number of aromatic nitrogens is 1. The standard InChI is InChI=1S/C5H3NO3/c1-2-3-4(7)6-5(8)9-3/h1,7H,(H,6,8). The van der Waals surface area contributed by atoms with Gasteiger partial charge in [-0.2, -0.15) is 0 Å². The molecule has 0 bridgehead atoms. The number of H-pyrrole nitrogens is 1. The van der Waals surface area contributed by atoms with Crippen LogP contribution in [0.2, 0.25) is 0 Å². The first-order valence-electron chi connectivity index (χ1n) is 2.12. The Hall–Kier alpha value is -1.63. The van der Waals surface area contributed by atoms with E-state index in [2.05, 4.69) is 4.42 Å². The maximum Gasteiger partial charge on any atom is 0.420 e. The van der Waals surface area contributed by atoms with E-state index >= 15 is 0 Å². The molecule has 1 rings (SSSR count). The van der Waals surface area contributed by atoms with E-state index in [-0.39, 0.29) is 5.76 Å². The molecule has 4 heteroatoms. The lowest BCUT2D eigenvalue weighted by molar-refractivity contribution is 0.442. The van der Waals surface area contributed by atoms with Crippen LogP contribution in [0.25, 0.3) is 0 Å². The second-order valence-electron chi connectivity index (χ2n) is 1.34. The van der Waals surface area contributed by atoms with Gasteiger partial charge in [-0.3, -0.25) is 4.98 Å². The van der Waals surface area contributed by atoms with Crippen molar-refractivity contribution >= 4 is 0 Å². The van der Waals surface area contributed by atoms with Crippen LogP contribution >= 0.6 is 0 Å². The average Bonchev–Trinajstić information content (AvgIpc) is 2.10. The lowest BCUT2D eigenvalue weighted by atomic mass is 10.5. The van der Waals surface area contributed by atoms with Crippen molar-refractivity contribution in [1.29, 1.82) is 0 Å². The molecule has 1 heterocycles. The van der Waals surface area contributed by atoms with Crippen molar-refractivity contribution in [2.24, 2.45) is 0 Å². The van der Waals surface area contributed by atoms with Gasteiger partial charge in [0.25, 0.3) is 0 Å². The number of nitrogens with one attached hydrogen (secondary N) is 1. The van der Waals surface area contributed by atoms with Gasteiger partial charge < -0.3 is 9.52 Å². The fourth-order valence-electron chi connectivity index (χ4n) is 0.418. The summed E-state index contributed by atoms with van der Waals surface area (Å²) in [7, 11) is 0. The predicted molar refractivity (Wildman–Crippen MR) is 28.9 cm³/mol. The summed E-state index contributed by atoms with van der Waals surface area (Å²) in [4.78, 5) is 12.1. The maximum atomic E-state index is 10.2. The van der Waals surface area contributed by atoms with Crippen molar-refractivity contribution in [2.45, 2.75) is 0 Å². The number of aromatic amines is 1. The Morgan fingerprint density at radius 2 is 2.44 bits per heavy atom. The maximum absolute atomic E-state index is 10.2. The van der Waals surface area contributed by atoms with Gasteiger partial charge >= 0.3 is 5.76 Å². The van der Waals surface area contributed by atoms with E-state index in [1.54, 1.807) is 0 Å². The summed E-state index contributed by atoms with van der Waals surface area (Å²) in [6.45, 7) is 0. The molecule has 0 spiro atoms. The van der Waals surface area contributed by atoms with E-state index in [0.717, 1.165) is 0 Å². The quantitative estimate of drug-likeness (QED) is 0.466. The van der Waals surface area contributed by atoms with Gasteiger partial charge in [0.2, 0.25) is 11.6 Å². The van der Waals surface area contributed by atoms with E-state index in [1.165, 1.54) is 0 Å². The lowest BCUT2D eigenvalue weighted by Crippen LogP contribution is -1.92. The fraction of sp³-hybridized carbons (Fsp3) is 0. The molecule has 0 radical (unpaired) electrons. The summed E-state index contributed by atoms with van der Waals surface area (Å²) < 4.78 is 4.27. The molecule has 0 saturated carbocycles. The molecular weight excluding hydrogens is 122 g/mol. The third-order valence-electron chi connectivity index (χ3n) is 0.761.